The van der Waals surface area contributed by atoms with Gasteiger partial charge in [0.1, 0.15) is 5.69 Å². The normalized spacial score (nSPS) is 19.1. The van der Waals surface area contributed by atoms with E-state index in [9.17, 15) is 19.2 Å². The number of benzene rings is 2. The topological polar surface area (TPSA) is 162 Å². The van der Waals surface area contributed by atoms with Crippen LogP contribution in [0, 0.1) is 5.41 Å². The highest BCUT2D eigenvalue weighted by molar-refractivity contribution is 6.34. The van der Waals surface area contributed by atoms with Gasteiger partial charge < -0.3 is 25.8 Å². The van der Waals surface area contributed by atoms with Crippen molar-refractivity contribution in [3.8, 4) is 0 Å². The number of imidazole rings is 1. The Kier molecular flexibility index (Phi) is 10.6. The minimum absolute atomic E-state index is 0.0615. The summed E-state index contributed by atoms with van der Waals surface area (Å²) in [5, 5.41) is 10.6. The molecular formula is C41H49ClN10O4. The molecule has 2 aromatic heterocycles. The summed E-state index contributed by atoms with van der Waals surface area (Å²) < 4.78 is 1.52. The van der Waals surface area contributed by atoms with Crippen LogP contribution in [0.3, 0.4) is 0 Å². The molecule has 6 heterocycles. The van der Waals surface area contributed by atoms with E-state index in [0.29, 0.717) is 35.0 Å². The summed E-state index contributed by atoms with van der Waals surface area (Å²) in [6.45, 7) is 5.48. The number of anilines is 4. The van der Waals surface area contributed by atoms with E-state index in [1.165, 1.54) is 46.0 Å². The van der Waals surface area contributed by atoms with E-state index in [1.807, 2.05) is 18.0 Å². The van der Waals surface area contributed by atoms with Gasteiger partial charge in [-0.25, -0.2) is 14.3 Å². The number of halogens is 1. The largest absolute Gasteiger partial charge is 0.385 e. The third kappa shape index (κ3) is 7.64. The van der Waals surface area contributed by atoms with Crippen LogP contribution >= 0.6 is 11.6 Å². The van der Waals surface area contributed by atoms with Gasteiger partial charge in [0.15, 0.2) is 11.5 Å². The molecule has 4 N–H and O–H groups in total. The number of piperidine rings is 2. The average Bonchev–Trinajstić information content (AvgIpc) is 3.92. The highest BCUT2D eigenvalue weighted by Crippen LogP contribution is 2.42. The van der Waals surface area contributed by atoms with Gasteiger partial charge in [-0.2, -0.15) is 0 Å². The van der Waals surface area contributed by atoms with Crippen molar-refractivity contribution in [2.75, 3.05) is 68.0 Å². The van der Waals surface area contributed by atoms with E-state index in [2.05, 4.69) is 43.6 Å². The van der Waals surface area contributed by atoms with E-state index < -0.39 is 11.9 Å². The number of hydrogen-bond donors (Lipinski definition) is 3. The molecule has 1 saturated carbocycles. The molecule has 1 aliphatic carbocycles. The lowest BCUT2D eigenvalue weighted by atomic mass is 9.71. The van der Waals surface area contributed by atoms with Crippen molar-refractivity contribution in [3.63, 3.8) is 0 Å². The minimum atomic E-state index is -0.575. The SMILES string of the molecule is C1CC1.CNc1cc(N2CCc3c(CCN4CCC5(CC4)CCN(C(=O)c4ccc(Cl)c(N6CCC(=O)NC6=O)c4)CC5)cccc32)nn2c(C(N)=O)cnc12. The number of imide groups is 1. The van der Waals surface area contributed by atoms with Crippen LogP contribution in [0.15, 0.2) is 48.7 Å². The Morgan fingerprint density at radius 3 is 2.34 bits per heavy atom. The molecule has 4 fully saturated rings. The molecule has 0 atom stereocenters. The van der Waals surface area contributed by atoms with Crippen molar-refractivity contribution in [1.82, 2.24) is 29.7 Å². The Bertz CT molecular complexity index is 2170. The first-order valence-electron chi connectivity index (χ1n) is 19.8. The molecule has 56 heavy (non-hydrogen) atoms. The van der Waals surface area contributed by atoms with Gasteiger partial charge >= 0.3 is 6.03 Å². The highest BCUT2D eigenvalue weighted by atomic mass is 35.5. The van der Waals surface area contributed by atoms with Crippen LogP contribution in [0.4, 0.5) is 27.7 Å². The molecule has 4 aromatic rings. The van der Waals surface area contributed by atoms with Crippen LogP contribution in [0.1, 0.15) is 83.3 Å². The molecule has 5 amide bonds. The monoisotopic (exact) mass is 780 g/mol. The molecule has 1 spiro atoms. The number of fused-ring (bicyclic) bond motifs is 2. The Morgan fingerprint density at radius 2 is 1.64 bits per heavy atom. The van der Waals surface area contributed by atoms with Gasteiger partial charge in [-0.1, -0.05) is 43.0 Å². The summed E-state index contributed by atoms with van der Waals surface area (Å²) in [4.78, 5) is 62.2. The molecule has 15 heteroatoms. The first kappa shape index (κ1) is 37.7. The van der Waals surface area contributed by atoms with Crippen molar-refractivity contribution in [3.05, 3.63) is 76.1 Å². The fourth-order valence-electron chi connectivity index (χ4n) is 8.46. The summed E-state index contributed by atoms with van der Waals surface area (Å²) in [6.07, 6.45) is 12.2. The maximum absolute atomic E-state index is 13.6. The Balaban J connectivity index is 0.00000140. The van der Waals surface area contributed by atoms with E-state index >= 15 is 0 Å². The number of carbonyl (C=O) groups excluding carboxylic acids is 4. The zero-order chi connectivity index (χ0) is 39.0. The number of urea groups is 1. The summed E-state index contributed by atoms with van der Waals surface area (Å²) in [6, 6.07) is 13.0. The number of rotatable bonds is 8. The van der Waals surface area contributed by atoms with Crippen LogP contribution < -0.4 is 26.2 Å². The fraction of sp³-hybridized carbons (Fsp3) is 0.463. The molecule has 0 radical (unpaired) electrons. The third-order valence-electron chi connectivity index (χ3n) is 12.0. The number of nitrogens with two attached hydrogens (primary N) is 1. The zero-order valence-corrected chi connectivity index (χ0v) is 32.6. The summed E-state index contributed by atoms with van der Waals surface area (Å²) in [5.74, 6) is -0.223. The summed E-state index contributed by atoms with van der Waals surface area (Å²) in [5.41, 5.74) is 12.2. The van der Waals surface area contributed by atoms with Crippen molar-refractivity contribution in [2.45, 2.75) is 64.2 Å². The molecular weight excluding hydrogens is 732 g/mol. The van der Waals surface area contributed by atoms with E-state index in [0.717, 1.165) is 81.9 Å². The third-order valence-corrected chi connectivity index (χ3v) is 12.3. The predicted molar refractivity (Wildman–Crippen MR) is 216 cm³/mol. The van der Waals surface area contributed by atoms with Crippen LogP contribution in [0.2, 0.25) is 5.02 Å². The number of carbonyl (C=O) groups is 4. The Morgan fingerprint density at radius 1 is 0.911 bits per heavy atom. The lowest BCUT2D eigenvalue weighted by molar-refractivity contribution is -0.120. The van der Waals surface area contributed by atoms with Crippen molar-refractivity contribution >= 4 is 63.9 Å². The second kappa shape index (κ2) is 15.7. The van der Waals surface area contributed by atoms with Crippen molar-refractivity contribution in [2.24, 2.45) is 11.1 Å². The molecule has 294 valence electrons. The minimum Gasteiger partial charge on any atom is -0.385 e. The highest BCUT2D eigenvalue weighted by Gasteiger charge is 2.39. The lowest BCUT2D eigenvalue weighted by Crippen LogP contribution is -2.50. The number of amides is 5. The smallest absolute Gasteiger partial charge is 0.328 e. The average molecular weight is 781 g/mol. The quantitative estimate of drug-likeness (QED) is 0.213. The molecule has 14 nitrogen and oxygen atoms in total. The van der Waals surface area contributed by atoms with Crippen LogP contribution in [0.25, 0.3) is 5.65 Å². The first-order valence-corrected chi connectivity index (χ1v) is 20.2. The second-order valence-corrected chi connectivity index (χ2v) is 16.0. The number of nitrogens with zero attached hydrogens (tertiary/aromatic N) is 7. The zero-order valence-electron chi connectivity index (χ0n) is 31.9. The standard InChI is InChI=1S/C38H43ClN10O4.C3H6/c1-41-28-22-32(44-49-31(34(40)51)23-42-35(28)49)47-15-8-26-24(3-2-4-29(26)47)7-14-45-17-10-38(11-18-45)12-19-46(20-13-38)36(52)25-5-6-27(39)30(21-25)48-16-9-33(50)43-37(48)53;1-2-3-1/h2-6,21-23,41H,7-20H2,1H3,(H2,40,51)(H,43,50,53);1-3H2. The fourth-order valence-corrected chi connectivity index (χ4v) is 8.68. The number of primary amides is 1. The maximum Gasteiger partial charge on any atom is 0.328 e. The van der Waals surface area contributed by atoms with Crippen LogP contribution in [-0.4, -0.2) is 101 Å². The lowest BCUT2D eigenvalue weighted by Gasteiger charge is -2.47. The first-order chi connectivity index (χ1) is 27.1. The molecule has 9 rings (SSSR count). The van der Waals surface area contributed by atoms with Gasteiger partial charge in [0.2, 0.25) is 5.91 Å². The van der Waals surface area contributed by atoms with Crippen molar-refractivity contribution in [1.29, 1.82) is 0 Å². The molecule has 2 aromatic carbocycles. The second-order valence-electron chi connectivity index (χ2n) is 15.6. The van der Waals surface area contributed by atoms with E-state index in [-0.39, 0.29) is 35.9 Å². The van der Waals surface area contributed by atoms with Crippen LogP contribution in [0.5, 0.6) is 0 Å². The number of likely N-dealkylation sites (tertiary alicyclic amines) is 2. The van der Waals surface area contributed by atoms with Gasteiger partial charge in [-0.15, -0.1) is 5.10 Å². The van der Waals surface area contributed by atoms with Crippen molar-refractivity contribution < 1.29 is 19.2 Å². The Labute approximate surface area is 331 Å². The molecule has 0 unspecified atom stereocenters. The molecule has 4 aliphatic heterocycles. The van der Waals surface area contributed by atoms with Gasteiger partial charge in [-0.05, 0) is 92.4 Å². The molecule has 5 aliphatic rings. The van der Waals surface area contributed by atoms with Crippen LogP contribution in [-0.2, 0) is 17.6 Å². The molecule has 3 saturated heterocycles. The van der Waals surface area contributed by atoms with E-state index in [1.54, 1.807) is 18.2 Å². The summed E-state index contributed by atoms with van der Waals surface area (Å²) in [7, 11) is 1.82. The van der Waals surface area contributed by atoms with Gasteiger partial charge in [-0.3, -0.25) is 24.6 Å². The number of hydrogen-bond acceptors (Lipinski definition) is 9. The maximum atomic E-state index is 13.6. The number of nitrogens with one attached hydrogen (secondary N) is 2. The van der Waals surface area contributed by atoms with Gasteiger partial charge in [0.05, 0.1) is 22.6 Å². The van der Waals surface area contributed by atoms with Gasteiger partial charge in [0, 0.05) is 63.5 Å². The molecule has 0 bridgehead atoms. The summed E-state index contributed by atoms with van der Waals surface area (Å²) >= 11 is 6.42. The number of aromatic nitrogens is 3. The predicted octanol–water partition coefficient (Wildman–Crippen LogP) is 5.40. The van der Waals surface area contributed by atoms with Gasteiger partial charge in [0.25, 0.3) is 11.8 Å². The van der Waals surface area contributed by atoms with E-state index in [4.69, 9.17) is 22.4 Å². The Hall–Kier alpha value is -5.21.